The van der Waals surface area contributed by atoms with E-state index in [1.165, 1.54) is 16.7 Å². The largest absolute Gasteiger partial charge is 0.493 e. The molecule has 0 spiro atoms. The number of aryl methyl sites for hydroxylation is 1. The topological polar surface area (TPSA) is 21.3 Å². The second-order valence-corrected chi connectivity index (χ2v) is 6.06. The van der Waals surface area contributed by atoms with Gasteiger partial charge in [0.25, 0.3) is 0 Å². The van der Waals surface area contributed by atoms with Crippen molar-refractivity contribution < 1.29 is 4.74 Å². The van der Waals surface area contributed by atoms with Gasteiger partial charge in [0.05, 0.1) is 6.61 Å². The summed E-state index contributed by atoms with van der Waals surface area (Å²) in [4.78, 5) is 0. The molecule has 2 aromatic carbocycles. The molecule has 0 fully saturated rings. The van der Waals surface area contributed by atoms with Crippen LogP contribution in [0.5, 0.6) is 5.75 Å². The fourth-order valence-corrected chi connectivity index (χ4v) is 2.45. The van der Waals surface area contributed by atoms with Gasteiger partial charge in [-0.3, -0.25) is 0 Å². The van der Waals surface area contributed by atoms with Crippen LogP contribution in [-0.4, -0.2) is 13.2 Å². The molecule has 2 rings (SSSR count). The molecule has 0 heterocycles. The normalized spacial score (nSPS) is 10.9. The van der Waals surface area contributed by atoms with E-state index in [0.717, 1.165) is 31.9 Å². The fourth-order valence-electron chi connectivity index (χ4n) is 2.45. The van der Waals surface area contributed by atoms with Gasteiger partial charge in [-0.1, -0.05) is 56.3 Å². The van der Waals surface area contributed by atoms with Crippen LogP contribution >= 0.6 is 0 Å². The zero-order valence-corrected chi connectivity index (χ0v) is 13.9. The lowest BCUT2D eigenvalue weighted by atomic mass is 10.0. The van der Waals surface area contributed by atoms with Crippen LogP contribution in [0, 0.1) is 6.92 Å². The minimum absolute atomic E-state index is 0.492. The first-order valence-corrected chi connectivity index (χ1v) is 8.15. The van der Waals surface area contributed by atoms with Gasteiger partial charge < -0.3 is 10.1 Å². The van der Waals surface area contributed by atoms with Crippen molar-refractivity contribution in [2.75, 3.05) is 13.2 Å². The van der Waals surface area contributed by atoms with Gasteiger partial charge in [-0.25, -0.2) is 0 Å². The molecule has 2 aromatic rings. The third-order valence-corrected chi connectivity index (χ3v) is 3.72. The molecule has 118 valence electrons. The van der Waals surface area contributed by atoms with Crippen LogP contribution in [0.1, 0.15) is 42.9 Å². The molecule has 0 bridgehead atoms. The first kappa shape index (κ1) is 16.6. The second-order valence-electron chi connectivity index (χ2n) is 6.06. The molecule has 0 unspecified atom stereocenters. The van der Waals surface area contributed by atoms with E-state index in [0.29, 0.717) is 5.92 Å². The predicted octanol–water partition coefficient (Wildman–Crippen LogP) is 4.68. The summed E-state index contributed by atoms with van der Waals surface area (Å²) in [5, 5.41) is 3.46. The summed E-state index contributed by atoms with van der Waals surface area (Å²) >= 11 is 0. The van der Waals surface area contributed by atoms with Gasteiger partial charge in [-0.05, 0) is 48.6 Å². The zero-order chi connectivity index (χ0) is 15.8. The summed E-state index contributed by atoms with van der Waals surface area (Å²) in [7, 11) is 0. The molecule has 0 aromatic heterocycles. The van der Waals surface area contributed by atoms with E-state index < -0.39 is 0 Å². The lowest BCUT2D eigenvalue weighted by molar-refractivity contribution is 0.304. The predicted molar refractivity (Wildman–Crippen MR) is 93.5 cm³/mol. The van der Waals surface area contributed by atoms with Gasteiger partial charge in [0.15, 0.2) is 0 Å². The Bertz CT molecular complexity index is 563. The highest BCUT2D eigenvalue weighted by molar-refractivity contribution is 5.39. The van der Waals surface area contributed by atoms with Crippen molar-refractivity contribution in [3.63, 3.8) is 0 Å². The third-order valence-electron chi connectivity index (χ3n) is 3.72. The lowest BCUT2D eigenvalue weighted by Crippen LogP contribution is -2.17. The van der Waals surface area contributed by atoms with Crippen molar-refractivity contribution in [1.29, 1.82) is 0 Å². The molecule has 0 saturated heterocycles. The maximum Gasteiger partial charge on any atom is 0.122 e. The van der Waals surface area contributed by atoms with Crippen LogP contribution in [0.4, 0.5) is 0 Å². The van der Waals surface area contributed by atoms with Crippen LogP contribution in [0.3, 0.4) is 0 Å². The minimum Gasteiger partial charge on any atom is -0.493 e. The Hall–Kier alpha value is -1.80. The highest BCUT2D eigenvalue weighted by Crippen LogP contribution is 2.27. The molecule has 1 N–H and O–H groups in total. The molecule has 0 radical (unpaired) electrons. The first-order valence-electron chi connectivity index (χ1n) is 8.15. The molecule has 0 saturated carbocycles. The molecule has 0 aliphatic carbocycles. The highest BCUT2D eigenvalue weighted by atomic mass is 16.5. The molecule has 0 atom stereocenters. The SMILES string of the molecule is Cc1ccc(C(C)C)c(OCCCNCc2ccccc2)c1. The maximum absolute atomic E-state index is 5.99. The quantitative estimate of drug-likeness (QED) is 0.714. The van der Waals surface area contributed by atoms with E-state index in [9.17, 15) is 0 Å². The van der Waals surface area contributed by atoms with Gasteiger partial charge in [-0.15, -0.1) is 0 Å². The zero-order valence-electron chi connectivity index (χ0n) is 13.9. The molecule has 22 heavy (non-hydrogen) atoms. The number of hydrogen-bond donors (Lipinski definition) is 1. The van der Waals surface area contributed by atoms with Gasteiger partial charge in [0.2, 0.25) is 0 Å². The molecule has 0 aliphatic heterocycles. The Morgan fingerprint density at radius 1 is 1.05 bits per heavy atom. The molecule has 2 heteroatoms. The summed E-state index contributed by atoms with van der Waals surface area (Å²) in [6.07, 6.45) is 1.01. The smallest absolute Gasteiger partial charge is 0.122 e. The maximum atomic E-state index is 5.99. The Morgan fingerprint density at radius 2 is 1.82 bits per heavy atom. The average molecular weight is 297 g/mol. The number of ether oxygens (including phenoxy) is 1. The van der Waals surface area contributed by atoms with Crippen LogP contribution in [0.15, 0.2) is 48.5 Å². The van der Waals surface area contributed by atoms with Crippen molar-refractivity contribution in [3.05, 3.63) is 65.2 Å². The molecule has 2 nitrogen and oxygen atoms in total. The summed E-state index contributed by atoms with van der Waals surface area (Å²) in [5.74, 6) is 1.53. The average Bonchev–Trinajstić information content (AvgIpc) is 2.51. The van der Waals surface area contributed by atoms with E-state index >= 15 is 0 Å². The summed E-state index contributed by atoms with van der Waals surface area (Å²) in [5.41, 5.74) is 3.87. The summed E-state index contributed by atoms with van der Waals surface area (Å²) in [6.45, 7) is 9.17. The van der Waals surface area contributed by atoms with Crippen molar-refractivity contribution >= 4 is 0 Å². The Morgan fingerprint density at radius 3 is 2.55 bits per heavy atom. The van der Waals surface area contributed by atoms with E-state index in [-0.39, 0.29) is 0 Å². The van der Waals surface area contributed by atoms with E-state index in [4.69, 9.17) is 4.74 Å². The number of nitrogens with one attached hydrogen (secondary N) is 1. The Kier molecular flexibility index (Phi) is 6.47. The van der Waals surface area contributed by atoms with E-state index in [1.807, 2.05) is 6.07 Å². The van der Waals surface area contributed by atoms with Gasteiger partial charge in [0.1, 0.15) is 5.75 Å². The Balaban J connectivity index is 1.71. The third kappa shape index (κ3) is 5.19. The van der Waals surface area contributed by atoms with Gasteiger partial charge in [-0.2, -0.15) is 0 Å². The second kappa shape index (κ2) is 8.60. The lowest BCUT2D eigenvalue weighted by Gasteiger charge is -2.15. The van der Waals surface area contributed by atoms with Crippen molar-refractivity contribution in [3.8, 4) is 5.75 Å². The van der Waals surface area contributed by atoms with Crippen molar-refractivity contribution in [1.82, 2.24) is 5.32 Å². The van der Waals surface area contributed by atoms with E-state index in [2.05, 4.69) is 68.6 Å². The van der Waals surface area contributed by atoms with Crippen LogP contribution < -0.4 is 10.1 Å². The van der Waals surface area contributed by atoms with Crippen LogP contribution in [0.25, 0.3) is 0 Å². The fraction of sp³-hybridized carbons (Fsp3) is 0.400. The molecular weight excluding hydrogens is 270 g/mol. The number of hydrogen-bond acceptors (Lipinski definition) is 2. The Labute approximate surface area is 134 Å². The summed E-state index contributed by atoms with van der Waals surface area (Å²) in [6, 6.07) is 17.0. The van der Waals surface area contributed by atoms with Gasteiger partial charge in [0, 0.05) is 6.54 Å². The van der Waals surface area contributed by atoms with Crippen molar-refractivity contribution in [2.24, 2.45) is 0 Å². The van der Waals surface area contributed by atoms with Crippen LogP contribution in [0.2, 0.25) is 0 Å². The van der Waals surface area contributed by atoms with Crippen molar-refractivity contribution in [2.45, 2.75) is 39.7 Å². The number of rotatable bonds is 8. The molecule has 0 amide bonds. The standard InChI is InChI=1S/C20H27NO/c1-16(2)19-11-10-17(3)14-20(19)22-13-7-12-21-15-18-8-5-4-6-9-18/h4-6,8-11,14,16,21H,7,12-13,15H2,1-3H3. The molecular formula is C20H27NO. The van der Waals surface area contributed by atoms with E-state index in [1.54, 1.807) is 0 Å². The monoisotopic (exact) mass is 297 g/mol. The van der Waals surface area contributed by atoms with Gasteiger partial charge >= 0.3 is 0 Å². The first-order chi connectivity index (χ1) is 10.7. The summed E-state index contributed by atoms with van der Waals surface area (Å²) < 4.78 is 5.99. The van der Waals surface area contributed by atoms with Crippen LogP contribution in [-0.2, 0) is 6.54 Å². The minimum atomic E-state index is 0.492. The molecule has 0 aliphatic rings. The highest BCUT2D eigenvalue weighted by Gasteiger charge is 2.07. The number of benzene rings is 2.